The minimum absolute atomic E-state index is 0.0972. The molecule has 2 aromatic rings. The van der Waals surface area contributed by atoms with Crippen molar-refractivity contribution >= 4 is 11.6 Å². The molecule has 0 heterocycles. The smallest absolute Gasteiger partial charge is 0.258 e. The van der Waals surface area contributed by atoms with E-state index in [1.54, 1.807) is 24.3 Å². The molecule has 0 saturated carbocycles. The SMILES string of the molecule is Cc1cc(C(=O)Nc2ccc(CO)cc2)c(F)cc1F. The van der Waals surface area contributed by atoms with E-state index in [0.717, 1.165) is 0 Å². The average molecular weight is 277 g/mol. The van der Waals surface area contributed by atoms with Crippen molar-refractivity contribution in [3.05, 3.63) is 64.7 Å². The van der Waals surface area contributed by atoms with Crippen LogP contribution in [0.3, 0.4) is 0 Å². The Morgan fingerprint density at radius 1 is 1.15 bits per heavy atom. The summed E-state index contributed by atoms with van der Waals surface area (Å²) in [7, 11) is 0. The number of halogens is 2. The molecule has 0 saturated heterocycles. The average Bonchev–Trinajstić information content (AvgIpc) is 2.43. The molecular weight excluding hydrogens is 264 g/mol. The Hall–Kier alpha value is -2.27. The molecule has 0 spiro atoms. The zero-order valence-corrected chi connectivity index (χ0v) is 10.8. The summed E-state index contributed by atoms with van der Waals surface area (Å²) in [6.45, 7) is 1.36. The highest BCUT2D eigenvalue weighted by atomic mass is 19.1. The molecule has 20 heavy (non-hydrogen) atoms. The van der Waals surface area contributed by atoms with Crippen LogP contribution in [-0.4, -0.2) is 11.0 Å². The van der Waals surface area contributed by atoms with Crippen LogP contribution in [0.25, 0.3) is 0 Å². The second-order valence-electron chi connectivity index (χ2n) is 4.39. The molecule has 0 aromatic heterocycles. The predicted octanol–water partition coefficient (Wildman–Crippen LogP) is 3.02. The molecule has 0 aliphatic carbocycles. The summed E-state index contributed by atoms with van der Waals surface area (Å²) in [5.41, 5.74) is 1.16. The van der Waals surface area contributed by atoms with Crippen molar-refractivity contribution < 1.29 is 18.7 Å². The zero-order valence-electron chi connectivity index (χ0n) is 10.8. The van der Waals surface area contributed by atoms with Crippen molar-refractivity contribution in [2.75, 3.05) is 5.32 Å². The number of aryl methyl sites for hydroxylation is 1. The molecule has 104 valence electrons. The number of aliphatic hydroxyl groups is 1. The van der Waals surface area contributed by atoms with E-state index in [0.29, 0.717) is 17.3 Å². The van der Waals surface area contributed by atoms with Gasteiger partial charge in [-0.3, -0.25) is 4.79 Å². The second-order valence-corrected chi connectivity index (χ2v) is 4.39. The van der Waals surface area contributed by atoms with E-state index >= 15 is 0 Å². The van der Waals surface area contributed by atoms with Gasteiger partial charge in [0.05, 0.1) is 12.2 Å². The minimum Gasteiger partial charge on any atom is -0.392 e. The number of hydrogen-bond acceptors (Lipinski definition) is 2. The third-order valence-electron chi connectivity index (χ3n) is 2.89. The maximum absolute atomic E-state index is 13.6. The number of rotatable bonds is 3. The number of hydrogen-bond donors (Lipinski definition) is 2. The van der Waals surface area contributed by atoms with Crippen LogP contribution in [0, 0.1) is 18.6 Å². The number of nitrogens with one attached hydrogen (secondary N) is 1. The summed E-state index contributed by atoms with van der Waals surface area (Å²) in [5.74, 6) is -2.24. The van der Waals surface area contributed by atoms with Crippen molar-refractivity contribution in [1.29, 1.82) is 0 Å². The van der Waals surface area contributed by atoms with Gasteiger partial charge in [-0.05, 0) is 36.2 Å². The summed E-state index contributed by atoms with van der Waals surface area (Å²) in [5, 5.41) is 11.4. The van der Waals surface area contributed by atoms with E-state index in [9.17, 15) is 13.6 Å². The van der Waals surface area contributed by atoms with Crippen molar-refractivity contribution in [1.82, 2.24) is 0 Å². The zero-order chi connectivity index (χ0) is 14.7. The van der Waals surface area contributed by atoms with Crippen molar-refractivity contribution in [3.8, 4) is 0 Å². The van der Waals surface area contributed by atoms with Crippen molar-refractivity contribution in [2.45, 2.75) is 13.5 Å². The van der Waals surface area contributed by atoms with E-state index in [1.807, 2.05) is 0 Å². The van der Waals surface area contributed by atoms with Gasteiger partial charge in [0.1, 0.15) is 11.6 Å². The number of aliphatic hydroxyl groups excluding tert-OH is 1. The molecule has 3 nitrogen and oxygen atoms in total. The molecule has 0 radical (unpaired) electrons. The van der Waals surface area contributed by atoms with Crippen LogP contribution >= 0.6 is 0 Å². The van der Waals surface area contributed by atoms with Crippen LogP contribution in [0.5, 0.6) is 0 Å². The number of benzene rings is 2. The molecule has 0 unspecified atom stereocenters. The Morgan fingerprint density at radius 3 is 2.40 bits per heavy atom. The van der Waals surface area contributed by atoms with Crippen LogP contribution in [0.4, 0.5) is 14.5 Å². The van der Waals surface area contributed by atoms with Crippen LogP contribution in [0.15, 0.2) is 36.4 Å². The highest BCUT2D eigenvalue weighted by Gasteiger charge is 2.14. The van der Waals surface area contributed by atoms with E-state index < -0.39 is 17.5 Å². The van der Waals surface area contributed by atoms with Gasteiger partial charge in [-0.15, -0.1) is 0 Å². The van der Waals surface area contributed by atoms with Gasteiger partial charge in [-0.1, -0.05) is 12.1 Å². The number of carbonyl (C=O) groups excluding carboxylic acids is 1. The fourth-order valence-corrected chi connectivity index (χ4v) is 1.72. The fraction of sp³-hybridized carbons (Fsp3) is 0.133. The van der Waals surface area contributed by atoms with E-state index in [-0.39, 0.29) is 17.7 Å². The van der Waals surface area contributed by atoms with Crippen LogP contribution in [0.1, 0.15) is 21.5 Å². The maximum atomic E-state index is 13.6. The Balaban J connectivity index is 2.21. The summed E-state index contributed by atoms with van der Waals surface area (Å²) in [6.07, 6.45) is 0. The molecule has 1 amide bonds. The highest BCUT2D eigenvalue weighted by molar-refractivity contribution is 6.04. The first-order valence-electron chi connectivity index (χ1n) is 5.98. The topological polar surface area (TPSA) is 49.3 Å². The molecule has 2 aromatic carbocycles. The Bertz CT molecular complexity index is 639. The molecule has 0 fully saturated rings. The molecule has 2 rings (SSSR count). The lowest BCUT2D eigenvalue weighted by Crippen LogP contribution is -2.14. The number of anilines is 1. The molecular formula is C15H13F2NO2. The van der Waals surface area contributed by atoms with Gasteiger partial charge in [0, 0.05) is 11.8 Å². The van der Waals surface area contributed by atoms with Gasteiger partial charge in [0.25, 0.3) is 5.91 Å². The third kappa shape index (κ3) is 3.00. The maximum Gasteiger partial charge on any atom is 0.258 e. The fourth-order valence-electron chi connectivity index (χ4n) is 1.72. The summed E-state index contributed by atoms with van der Waals surface area (Å²) in [4.78, 5) is 11.9. The minimum atomic E-state index is -0.905. The Kier molecular flexibility index (Phi) is 4.10. The first-order chi connectivity index (χ1) is 9.51. The van der Waals surface area contributed by atoms with E-state index in [2.05, 4.69) is 5.32 Å². The lowest BCUT2D eigenvalue weighted by atomic mass is 10.1. The van der Waals surface area contributed by atoms with Gasteiger partial charge in [-0.2, -0.15) is 0 Å². The number of carbonyl (C=O) groups is 1. The molecule has 0 aliphatic rings. The lowest BCUT2D eigenvalue weighted by Gasteiger charge is -2.08. The predicted molar refractivity (Wildman–Crippen MR) is 71.4 cm³/mol. The second kappa shape index (κ2) is 5.79. The molecule has 0 aliphatic heterocycles. The van der Waals surface area contributed by atoms with Gasteiger partial charge in [-0.25, -0.2) is 8.78 Å². The third-order valence-corrected chi connectivity index (χ3v) is 2.89. The van der Waals surface area contributed by atoms with Crippen LogP contribution in [-0.2, 0) is 6.61 Å². The molecule has 2 N–H and O–H groups in total. The van der Waals surface area contributed by atoms with Crippen LogP contribution < -0.4 is 5.32 Å². The van der Waals surface area contributed by atoms with E-state index in [4.69, 9.17) is 5.11 Å². The standard InChI is InChI=1S/C15H13F2NO2/c1-9-6-12(14(17)7-13(9)16)15(20)18-11-4-2-10(8-19)3-5-11/h2-7,19H,8H2,1H3,(H,18,20). The summed E-state index contributed by atoms with van der Waals surface area (Å²) >= 11 is 0. The first kappa shape index (κ1) is 14.1. The van der Waals surface area contributed by atoms with Crippen molar-refractivity contribution in [2.24, 2.45) is 0 Å². The first-order valence-corrected chi connectivity index (χ1v) is 5.98. The monoisotopic (exact) mass is 277 g/mol. The van der Waals surface area contributed by atoms with Gasteiger partial charge in [0.15, 0.2) is 0 Å². The number of amides is 1. The highest BCUT2D eigenvalue weighted by Crippen LogP contribution is 2.17. The summed E-state index contributed by atoms with van der Waals surface area (Å²) in [6, 6.07) is 8.33. The Morgan fingerprint density at radius 2 is 1.80 bits per heavy atom. The largest absolute Gasteiger partial charge is 0.392 e. The molecule has 0 atom stereocenters. The lowest BCUT2D eigenvalue weighted by molar-refractivity contribution is 0.102. The van der Waals surface area contributed by atoms with Gasteiger partial charge < -0.3 is 10.4 Å². The van der Waals surface area contributed by atoms with Crippen molar-refractivity contribution in [3.63, 3.8) is 0 Å². The van der Waals surface area contributed by atoms with Crippen LogP contribution in [0.2, 0.25) is 0 Å². The molecule has 0 bridgehead atoms. The van der Waals surface area contributed by atoms with Gasteiger partial charge in [0.2, 0.25) is 0 Å². The van der Waals surface area contributed by atoms with E-state index in [1.165, 1.54) is 13.0 Å². The van der Waals surface area contributed by atoms with Gasteiger partial charge >= 0.3 is 0 Å². The summed E-state index contributed by atoms with van der Waals surface area (Å²) < 4.78 is 26.7. The normalized spacial score (nSPS) is 10.4. The quantitative estimate of drug-likeness (QED) is 0.906. The molecule has 5 heteroatoms. The Labute approximate surface area is 114 Å².